The number of pyridine rings is 1. The molecule has 0 aliphatic heterocycles. The molecule has 0 saturated carbocycles. The van der Waals surface area contributed by atoms with Crippen LogP contribution < -0.4 is 5.56 Å². The van der Waals surface area contributed by atoms with Crippen molar-refractivity contribution in [1.82, 2.24) is 14.8 Å². The Morgan fingerprint density at radius 3 is 2.88 bits per heavy atom. The highest BCUT2D eigenvalue weighted by Gasteiger charge is 2.08. The first kappa shape index (κ1) is 10.2. The summed E-state index contributed by atoms with van der Waals surface area (Å²) in [6, 6.07) is 2.70. The smallest absolute Gasteiger partial charge is 0.335 e. The molecule has 2 N–H and O–H groups in total. The molecule has 2 rings (SSSR count). The predicted molar refractivity (Wildman–Crippen MR) is 55.9 cm³/mol. The van der Waals surface area contributed by atoms with Crippen molar-refractivity contribution in [2.24, 2.45) is 0 Å². The van der Waals surface area contributed by atoms with E-state index in [9.17, 15) is 9.59 Å². The van der Waals surface area contributed by atoms with Gasteiger partial charge in [0.1, 0.15) is 0 Å². The van der Waals surface area contributed by atoms with Gasteiger partial charge in [-0.2, -0.15) is 0 Å². The molecule has 0 radical (unpaired) electrons. The summed E-state index contributed by atoms with van der Waals surface area (Å²) in [5, 5.41) is 11.5. The van der Waals surface area contributed by atoms with Crippen molar-refractivity contribution in [2.45, 2.75) is 6.92 Å². The third-order valence-corrected chi connectivity index (χ3v) is 2.17. The van der Waals surface area contributed by atoms with Gasteiger partial charge in [0, 0.05) is 18.0 Å². The van der Waals surface area contributed by atoms with Gasteiger partial charge < -0.3 is 5.11 Å². The van der Waals surface area contributed by atoms with Crippen molar-refractivity contribution in [3.05, 3.63) is 46.0 Å². The Hall–Kier alpha value is -2.37. The van der Waals surface area contributed by atoms with Crippen LogP contribution in [-0.4, -0.2) is 25.8 Å². The number of carboxylic acids is 1. The maximum atomic E-state index is 11.6. The fourth-order valence-corrected chi connectivity index (χ4v) is 1.30. The zero-order chi connectivity index (χ0) is 11.7. The highest BCUT2D eigenvalue weighted by Crippen LogP contribution is 2.04. The summed E-state index contributed by atoms with van der Waals surface area (Å²) < 4.78 is 1.20. The van der Waals surface area contributed by atoms with Crippen LogP contribution >= 0.6 is 0 Å². The molecule has 0 bridgehead atoms. The Morgan fingerprint density at radius 1 is 1.56 bits per heavy atom. The number of H-pyrrole nitrogens is 1. The molecule has 6 heteroatoms. The van der Waals surface area contributed by atoms with Crippen molar-refractivity contribution >= 4 is 5.97 Å². The summed E-state index contributed by atoms with van der Waals surface area (Å²) in [5.41, 5.74) is 0.390. The number of rotatable bonds is 2. The minimum Gasteiger partial charge on any atom is -0.478 e. The molecule has 0 amide bonds. The molecule has 0 aliphatic rings. The van der Waals surface area contributed by atoms with Gasteiger partial charge in [-0.15, -0.1) is 0 Å². The molecule has 2 heterocycles. The predicted octanol–water partition coefficient (Wildman–Crippen LogP) is 0.567. The molecule has 82 valence electrons. The molecule has 0 atom stereocenters. The van der Waals surface area contributed by atoms with Gasteiger partial charge in [-0.3, -0.25) is 9.89 Å². The first-order valence-electron chi connectivity index (χ1n) is 4.56. The number of aryl methyl sites for hydroxylation is 1. The first-order chi connectivity index (χ1) is 7.59. The lowest BCUT2D eigenvalue weighted by Crippen LogP contribution is -2.17. The second-order valence-corrected chi connectivity index (χ2v) is 3.30. The number of nitrogens with zero attached hydrogens (tertiary/aromatic N) is 2. The molecule has 0 saturated heterocycles. The number of carboxylic acid groups (broad SMARTS) is 1. The zero-order valence-corrected chi connectivity index (χ0v) is 8.47. The molecule has 0 aliphatic carbocycles. The second-order valence-electron chi connectivity index (χ2n) is 3.30. The average Bonchev–Trinajstić information content (AvgIpc) is 2.60. The summed E-state index contributed by atoms with van der Waals surface area (Å²) in [7, 11) is 0. The summed E-state index contributed by atoms with van der Waals surface area (Å²) >= 11 is 0. The van der Waals surface area contributed by atoms with Gasteiger partial charge in [0.2, 0.25) is 0 Å². The van der Waals surface area contributed by atoms with Gasteiger partial charge in [0.25, 0.3) is 5.56 Å². The molecule has 0 aromatic carbocycles. The van der Waals surface area contributed by atoms with E-state index in [1.807, 2.05) is 0 Å². The summed E-state index contributed by atoms with van der Waals surface area (Å²) in [5.74, 6) is -0.794. The Morgan fingerprint density at radius 2 is 2.31 bits per heavy atom. The normalized spacial score (nSPS) is 10.3. The lowest BCUT2D eigenvalue weighted by Gasteiger charge is -2.00. The molecule has 6 nitrogen and oxygen atoms in total. The van der Waals surface area contributed by atoms with E-state index in [1.54, 1.807) is 6.92 Å². The Kier molecular flexibility index (Phi) is 2.32. The van der Waals surface area contributed by atoms with E-state index in [-0.39, 0.29) is 16.9 Å². The number of nitrogens with one attached hydrogen (secondary N) is 1. The van der Waals surface area contributed by atoms with Gasteiger partial charge in [0.15, 0.2) is 5.82 Å². The van der Waals surface area contributed by atoms with Gasteiger partial charge >= 0.3 is 5.97 Å². The molecular formula is C10H9N3O3. The molecule has 0 spiro atoms. The van der Waals surface area contributed by atoms with Crippen molar-refractivity contribution in [3.8, 4) is 5.82 Å². The zero-order valence-electron chi connectivity index (χ0n) is 8.47. The number of hydrogen-bond donors (Lipinski definition) is 2. The van der Waals surface area contributed by atoms with E-state index in [2.05, 4.69) is 10.1 Å². The summed E-state index contributed by atoms with van der Waals surface area (Å²) in [6.07, 6.45) is 2.89. The standard InChI is InChI=1S/C10H9N3O3/c1-6-5-12-13(9(6)14)8-4-7(10(15)16)2-3-11-8/h2-5,12H,1H3,(H,15,16). The average molecular weight is 219 g/mol. The molecular weight excluding hydrogens is 210 g/mol. The molecule has 16 heavy (non-hydrogen) atoms. The number of carbonyl (C=O) groups is 1. The largest absolute Gasteiger partial charge is 0.478 e. The molecule has 2 aromatic rings. The maximum Gasteiger partial charge on any atom is 0.335 e. The van der Waals surface area contributed by atoms with Crippen molar-refractivity contribution in [2.75, 3.05) is 0 Å². The minimum absolute atomic E-state index is 0.0872. The van der Waals surface area contributed by atoms with Gasteiger partial charge in [-0.05, 0) is 19.1 Å². The van der Waals surface area contributed by atoms with Crippen molar-refractivity contribution in [3.63, 3.8) is 0 Å². The highest BCUT2D eigenvalue weighted by atomic mass is 16.4. The Balaban J connectivity index is 2.57. The quantitative estimate of drug-likeness (QED) is 0.772. The number of aromatic amines is 1. The van der Waals surface area contributed by atoms with E-state index in [0.29, 0.717) is 5.56 Å². The SMILES string of the molecule is Cc1c[nH]n(-c2cc(C(=O)O)ccn2)c1=O. The van der Waals surface area contributed by atoms with Crippen LogP contribution in [0.3, 0.4) is 0 Å². The highest BCUT2D eigenvalue weighted by molar-refractivity contribution is 5.87. The van der Waals surface area contributed by atoms with E-state index in [0.717, 1.165) is 0 Å². The van der Waals surface area contributed by atoms with Crippen molar-refractivity contribution in [1.29, 1.82) is 0 Å². The van der Waals surface area contributed by atoms with E-state index >= 15 is 0 Å². The van der Waals surface area contributed by atoms with Gasteiger partial charge in [0.05, 0.1) is 5.56 Å². The van der Waals surface area contributed by atoms with Crippen LogP contribution in [0.5, 0.6) is 0 Å². The Bertz CT molecular complexity index is 597. The maximum absolute atomic E-state index is 11.6. The van der Waals surface area contributed by atoms with Crippen LogP contribution in [0.1, 0.15) is 15.9 Å². The first-order valence-corrected chi connectivity index (χ1v) is 4.56. The van der Waals surface area contributed by atoms with Crippen molar-refractivity contribution < 1.29 is 9.90 Å². The number of aromatic carboxylic acids is 1. The lowest BCUT2D eigenvalue weighted by atomic mass is 10.2. The number of aromatic nitrogens is 3. The van der Waals surface area contributed by atoms with Gasteiger partial charge in [-0.1, -0.05) is 0 Å². The number of hydrogen-bond acceptors (Lipinski definition) is 3. The van der Waals surface area contributed by atoms with Crippen LogP contribution in [0.2, 0.25) is 0 Å². The third-order valence-electron chi connectivity index (χ3n) is 2.17. The Labute approximate surface area is 90.2 Å². The summed E-state index contributed by atoms with van der Waals surface area (Å²) in [6.45, 7) is 1.66. The fourth-order valence-electron chi connectivity index (χ4n) is 1.30. The van der Waals surface area contributed by atoms with E-state index in [1.165, 1.54) is 29.2 Å². The topological polar surface area (TPSA) is 88.0 Å². The summed E-state index contributed by atoms with van der Waals surface area (Å²) in [4.78, 5) is 26.3. The third kappa shape index (κ3) is 1.60. The fraction of sp³-hybridized carbons (Fsp3) is 0.100. The monoisotopic (exact) mass is 219 g/mol. The van der Waals surface area contributed by atoms with Crippen LogP contribution in [0.15, 0.2) is 29.3 Å². The lowest BCUT2D eigenvalue weighted by molar-refractivity contribution is 0.0696. The van der Waals surface area contributed by atoms with E-state index in [4.69, 9.17) is 5.11 Å². The van der Waals surface area contributed by atoms with Crippen LogP contribution in [-0.2, 0) is 0 Å². The van der Waals surface area contributed by atoms with Gasteiger partial charge in [-0.25, -0.2) is 14.5 Å². The second kappa shape index (κ2) is 3.65. The van der Waals surface area contributed by atoms with Crippen LogP contribution in [0, 0.1) is 6.92 Å². The van der Waals surface area contributed by atoms with Crippen LogP contribution in [0.25, 0.3) is 5.82 Å². The molecule has 2 aromatic heterocycles. The van der Waals surface area contributed by atoms with E-state index < -0.39 is 5.97 Å². The van der Waals surface area contributed by atoms with Crippen LogP contribution in [0.4, 0.5) is 0 Å². The molecule has 0 fully saturated rings. The minimum atomic E-state index is -1.06. The molecule has 0 unspecified atom stereocenters.